The molecule has 0 aliphatic rings. The third kappa shape index (κ3) is 4.71. The number of carbonyl (C=O) groups is 1. The zero-order valence-electron chi connectivity index (χ0n) is 16.5. The Morgan fingerprint density at radius 1 is 1.07 bits per heavy atom. The summed E-state index contributed by atoms with van der Waals surface area (Å²) in [6.45, 7) is 8.29. The van der Waals surface area contributed by atoms with Crippen molar-refractivity contribution in [3.8, 4) is 0 Å². The summed E-state index contributed by atoms with van der Waals surface area (Å²) in [5.41, 5.74) is 0.483. The van der Waals surface area contributed by atoms with E-state index >= 15 is 0 Å². The molecule has 0 saturated heterocycles. The molecule has 0 bridgehead atoms. The van der Waals surface area contributed by atoms with E-state index in [0.717, 1.165) is 4.70 Å². The molecule has 8 heteroatoms. The highest BCUT2D eigenvalue weighted by molar-refractivity contribution is 7.21. The minimum absolute atomic E-state index is 0.221. The van der Waals surface area contributed by atoms with Gasteiger partial charge < -0.3 is 10.2 Å². The minimum Gasteiger partial charge on any atom is -0.343 e. The predicted molar refractivity (Wildman–Crippen MR) is 123 cm³/mol. The van der Waals surface area contributed by atoms with Crippen LogP contribution in [-0.4, -0.2) is 23.0 Å². The molecule has 2 aromatic carbocycles. The number of hydrogen-bond acceptors (Lipinski definition) is 5. The lowest BCUT2D eigenvalue weighted by Crippen LogP contribution is -2.38. The average Bonchev–Trinajstić information content (AvgIpc) is 2.61. The van der Waals surface area contributed by atoms with Gasteiger partial charge in [0.05, 0.1) is 16.0 Å². The summed E-state index contributed by atoms with van der Waals surface area (Å²) in [4.78, 5) is 31.6. The highest BCUT2D eigenvalue weighted by Crippen LogP contribution is 2.29. The van der Waals surface area contributed by atoms with E-state index in [1.807, 2.05) is 6.07 Å². The molecule has 3 aromatic rings. The second-order valence-corrected chi connectivity index (χ2v) is 9.04. The molecule has 0 radical (unpaired) electrons. The molecule has 29 heavy (non-hydrogen) atoms. The number of hydrogen-bond donors (Lipinski definition) is 1. The molecule has 1 aromatic heterocycles. The van der Waals surface area contributed by atoms with Gasteiger partial charge in [-0.15, -0.1) is 0 Å². The van der Waals surface area contributed by atoms with Gasteiger partial charge >= 0.3 is 0 Å². The quantitative estimate of drug-likeness (QED) is 0.531. The van der Waals surface area contributed by atoms with Gasteiger partial charge in [0, 0.05) is 27.5 Å². The Morgan fingerprint density at radius 2 is 1.76 bits per heavy atom. The average molecular weight is 450 g/mol. The van der Waals surface area contributed by atoms with E-state index in [0.29, 0.717) is 26.8 Å². The van der Waals surface area contributed by atoms with Crippen LogP contribution < -0.4 is 15.8 Å². The summed E-state index contributed by atoms with van der Waals surface area (Å²) in [6, 6.07) is 10.3. The SMILES string of the molecule is CC(C)N(c1nc(=O)c2cc(NC(=O)c3ccc(Cl)cc3Cl)ccc2s1)C(C)C. The van der Waals surface area contributed by atoms with Crippen molar-refractivity contribution in [3.63, 3.8) is 0 Å². The minimum atomic E-state index is -0.377. The van der Waals surface area contributed by atoms with E-state index in [-0.39, 0.29) is 28.6 Å². The summed E-state index contributed by atoms with van der Waals surface area (Å²) in [5, 5.41) is 4.64. The Balaban J connectivity index is 1.94. The first-order valence-electron chi connectivity index (χ1n) is 9.17. The molecule has 152 valence electrons. The number of rotatable bonds is 5. The Morgan fingerprint density at radius 3 is 2.38 bits per heavy atom. The first-order chi connectivity index (χ1) is 13.7. The van der Waals surface area contributed by atoms with Crippen LogP contribution in [0.2, 0.25) is 10.0 Å². The number of nitrogens with one attached hydrogen (secondary N) is 1. The third-order valence-corrected chi connectivity index (χ3v) is 5.98. The lowest BCUT2D eigenvalue weighted by molar-refractivity contribution is 0.102. The van der Waals surface area contributed by atoms with Crippen LogP contribution in [-0.2, 0) is 0 Å². The summed E-state index contributed by atoms with van der Waals surface area (Å²) < 4.78 is 0.814. The Bertz CT molecular complexity index is 1120. The van der Waals surface area contributed by atoms with Crippen molar-refractivity contribution in [2.75, 3.05) is 10.2 Å². The van der Waals surface area contributed by atoms with Gasteiger partial charge in [0.2, 0.25) is 0 Å². The molecule has 1 amide bonds. The molecule has 5 nitrogen and oxygen atoms in total. The molecule has 0 spiro atoms. The van der Waals surface area contributed by atoms with E-state index < -0.39 is 0 Å². The maximum Gasteiger partial charge on any atom is 0.281 e. The standard InChI is InChI=1S/C21H21Cl2N3O2S/c1-11(2)26(12(3)4)21-25-20(28)16-10-14(6-8-18(16)29-21)24-19(27)15-7-5-13(22)9-17(15)23/h5-12H,1-4H3,(H,24,27). The molecular formula is C21H21Cl2N3O2S. The molecular weight excluding hydrogens is 429 g/mol. The smallest absolute Gasteiger partial charge is 0.281 e. The monoisotopic (exact) mass is 449 g/mol. The fourth-order valence-corrected chi connectivity index (χ4v) is 4.89. The highest BCUT2D eigenvalue weighted by Gasteiger charge is 2.18. The zero-order chi connectivity index (χ0) is 21.3. The van der Waals surface area contributed by atoms with Crippen molar-refractivity contribution in [1.82, 2.24) is 4.98 Å². The summed E-state index contributed by atoms with van der Waals surface area (Å²) in [6.07, 6.45) is 0. The fourth-order valence-electron chi connectivity index (χ4n) is 3.15. The molecule has 0 saturated carbocycles. The van der Waals surface area contributed by atoms with Crippen molar-refractivity contribution < 1.29 is 4.79 Å². The van der Waals surface area contributed by atoms with Crippen LogP contribution in [0.5, 0.6) is 0 Å². The van der Waals surface area contributed by atoms with E-state index in [2.05, 4.69) is 42.9 Å². The third-order valence-electron chi connectivity index (χ3n) is 4.38. The molecule has 1 N–H and O–H groups in total. The topological polar surface area (TPSA) is 62.3 Å². The van der Waals surface area contributed by atoms with Crippen LogP contribution in [0, 0.1) is 0 Å². The van der Waals surface area contributed by atoms with E-state index in [1.54, 1.807) is 24.3 Å². The van der Waals surface area contributed by atoms with Crippen molar-refractivity contribution in [2.45, 2.75) is 39.8 Å². The molecule has 0 aliphatic carbocycles. The number of fused-ring (bicyclic) bond motifs is 1. The largest absolute Gasteiger partial charge is 0.343 e. The lowest BCUT2D eigenvalue weighted by Gasteiger charge is -2.31. The summed E-state index contributed by atoms with van der Waals surface area (Å²) in [7, 11) is 0. The number of anilines is 2. The van der Waals surface area contributed by atoms with Crippen LogP contribution in [0.1, 0.15) is 38.1 Å². The molecule has 0 unspecified atom stereocenters. The Hall–Kier alpha value is -2.15. The van der Waals surface area contributed by atoms with Gasteiger partial charge in [-0.25, -0.2) is 0 Å². The van der Waals surface area contributed by atoms with Crippen molar-refractivity contribution in [3.05, 3.63) is 62.4 Å². The van der Waals surface area contributed by atoms with Crippen LogP contribution in [0.3, 0.4) is 0 Å². The molecule has 0 fully saturated rings. The Labute approximate surface area is 183 Å². The maximum atomic E-state index is 12.7. The van der Waals surface area contributed by atoms with Gasteiger partial charge in [-0.2, -0.15) is 4.98 Å². The second-order valence-electron chi connectivity index (χ2n) is 7.19. The summed E-state index contributed by atoms with van der Waals surface area (Å²) in [5.74, 6) is -0.377. The van der Waals surface area contributed by atoms with Gasteiger partial charge in [-0.05, 0) is 64.1 Å². The molecule has 3 rings (SSSR count). The maximum absolute atomic E-state index is 12.7. The summed E-state index contributed by atoms with van der Waals surface area (Å²) >= 11 is 13.4. The van der Waals surface area contributed by atoms with E-state index in [1.165, 1.54) is 17.4 Å². The molecule has 1 heterocycles. The van der Waals surface area contributed by atoms with Crippen molar-refractivity contribution >= 4 is 61.4 Å². The first-order valence-corrected chi connectivity index (χ1v) is 10.7. The normalized spacial score (nSPS) is 11.3. The van der Waals surface area contributed by atoms with Gasteiger partial charge in [-0.1, -0.05) is 34.5 Å². The zero-order valence-corrected chi connectivity index (χ0v) is 18.8. The number of aromatic nitrogens is 1. The van der Waals surface area contributed by atoms with Crippen molar-refractivity contribution in [2.24, 2.45) is 0 Å². The van der Waals surface area contributed by atoms with Crippen molar-refractivity contribution in [1.29, 1.82) is 0 Å². The lowest BCUT2D eigenvalue weighted by atomic mass is 10.2. The predicted octanol–water partition coefficient (Wildman–Crippen LogP) is 5.84. The number of halogens is 2. The second kappa shape index (κ2) is 8.69. The number of benzene rings is 2. The van der Waals surface area contributed by atoms with E-state index in [4.69, 9.17) is 23.2 Å². The van der Waals surface area contributed by atoms with Gasteiger partial charge in [0.25, 0.3) is 11.5 Å². The Kier molecular flexibility index (Phi) is 6.46. The van der Waals surface area contributed by atoms with Gasteiger partial charge in [-0.3, -0.25) is 9.59 Å². The molecule has 0 aliphatic heterocycles. The van der Waals surface area contributed by atoms with Gasteiger partial charge in [0.1, 0.15) is 0 Å². The number of carbonyl (C=O) groups excluding carboxylic acids is 1. The fraction of sp³-hybridized carbons (Fsp3) is 0.286. The number of amides is 1. The molecule has 0 atom stereocenters. The van der Waals surface area contributed by atoms with Crippen LogP contribution in [0.4, 0.5) is 10.8 Å². The highest BCUT2D eigenvalue weighted by atomic mass is 35.5. The van der Waals surface area contributed by atoms with Gasteiger partial charge in [0.15, 0.2) is 5.13 Å². The number of nitrogens with zero attached hydrogens (tertiary/aromatic N) is 2. The van der Waals surface area contributed by atoms with Crippen LogP contribution >= 0.6 is 34.5 Å². The van der Waals surface area contributed by atoms with Crippen LogP contribution in [0.25, 0.3) is 10.1 Å². The first kappa shape index (κ1) is 21.6. The van der Waals surface area contributed by atoms with E-state index in [9.17, 15) is 9.59 Å². The van der Waals surface area contributed by atoms with Crippen LogP contribution in [0.15, 0.2) is 41.2 Å².